The van der Waals surface area contributed by atoms with Gasteiger partial charge in [-0.1, -0.05) is 90.4 Å². The van der Waals surface area contributed by atoms with E-state index in [-0.39, 0.29) is 38.1 Å². The van der Waals surface area contributed by atoms with Gasteiger partial charge in [0.1, 0.15) is 42.3 Å². The Labute approximate surface area is 463 Å². The zero-order valence-electron chi connectivity index (χ0n) is 46.9. The van der Waals surface area contributed by atoms with E-state index in [0.29, 0.717) is 24.8 Å². The largest absolute Gasteiger partial charge is 0.450 e. The minimum Gasteiger partial charge on any atom is -0.450 e. The maximum Gasteiger partial charge on any atom is 0.332 e. The predicted molar refractivity (Wildman–Crippen MR) is 296 cm³/mol. The van der Waals surface area contributed by atoms with E-state index in [1.54, 1.807) is 45.0 Å². The molecule has 2 saturated heterocycles. The van der Waals surface area contributed by atoms with Crippen molar-refractivity contribution in [1.29, 1.82) is 0 Å². The number of amides is 8. The van der Waals surface area contributed by atoms with E-state index >= 15 is 9.59 Å². The highest BCUT2D eigenvalue weighted by Crippen LogP contribution is 2.26. The van der Waals surface area contributed by atoms with Crippen LogP contribution in [0.2, 0.25) is 0 Å². The van der Waals surface area contributed by atoms with E-state index in [2.05, 4.69) is 38.5 Å². The van der Waals surface area contributed by atoms with Crippen LogP contribution in [0.5, 0.6) is 0 Å². The number of nitrogens with one attached hydrogen (secondary N) is 3. The van der Waals surface area contributed by atoms with E-state index in [0.717, 1.165) is 18.9 Å². The number of fused-ring (bicyclic) bond motifs is 1. The van der Waals surface area contributed by atoms with Gasteiger partial charge in [0.15, 0.2) is 12.1 Å². The van der Waals surface area contributed by atoms with Crippen LogP contribution < -0.4 is 16.0 Å². The number of carbonyl (C=O) groups excluding carboxylic acids is 9. The van der Waals surface area contributed by atoms with E-state index in [1.165, 1.54) is 70.6 Å². The predicted octanol–water partition coefficient (Wildman–Crippen LogP) is 3.70. The lowest BCUT2D eigenvalue weighted by molar-refractivity contribution is -0.177. The average Bonchev–Trinajstić information content (AvgIpc) is 3.88. The Morgan fingerprint density at radius 1 is 0.658 bits per heavy atom. The lowest BCUT2D eigenvalue weighted by atomic mass is 9.94. The number of hydrogen-bond donors (Lipinski definition) is 4. The summed E-state index contributed by atoms with van der Waals surface area (Å²) >= 11 is 2.17. The van der Waals surface area contributed by atoms with Crippen molar-refractivity contribution in [2.45, 2.75) is 174 Å². The van der Waals surface area contributed by atoms with Crippen LogP contribution in [0, 0.1) is 21.3 Å². The van der Waals surface area contributed by atoms with Crippen LogP contribution in [0.1, 0.15) is 112 Å². The monoisotopic (exact) mass is 1170 g/mol. The molecule has 20 heteroatoms. The van der Waals surface area contributed by atoms with Crippen molar-refractivity contribution >= 4 is 75.8 Å². The van der Waals surface area contributed by atoms with Gasteiger partial charge in [-0.25, -0.2) is 4.79 Å². The summed E-state index contributed by atoms with van der Waals surface area (Å²) < 4.78 is 6.88. The van der Waals surface area contributed by atoms with E-state index < -0.39 is 125 Å². The standard InChI is InChI=1S/C56H83IN8O11/c1-15-33(5)44-53(72)61(11)35(7)47(66)58-40(28-32(3)4)51(70)64(14)46(56(9,10)75)55(74)76-45(34(6)16-2)54(73)62(12)36(8)48(67)59-41(30-37-22-18-17-19-23-37)50(69)63(13)43(31-38-24-20-25-39(57)29-38)52(71)65-27-21-26-42(65)49(68)60-44/h17-20,22-25,29,32-36,40-46,75H,15-16,21,26-28,30-31H2,1-14H3,(H,58,66)(H,59,67)(H,60,68)/t33?,34-,35+,36+,40+,41?,42+,43+,44?,45?,46?/m1/s1. The smallest absolute Gasteiger partial charge is 0.332 e. The third-order valence-corrected chi connectivity index (χ3v) is 15.8. The number of benzene rings is 2. The van der Waals surface area contributed by atoms with Gasteiger partial charge < -0.3 is 50.3 Å². The molecule has 5 unspecified atom stereocenters. The zero-order chi connectivity index (χ0) is 57.1. The Bertz CT molecular complexity index is 2400. The molecule has 0 aliphatic carbocycles. The number of esters is 1. The molecule has 8 amide bonds. The van der Waals surface area contributed by atoms with Crippen LogP contribution in [-0.2, 0) is 60.7 Å². The van der Waals surface area contributed by atoms with Crippen molar-refractivity contribution < 1.29 is 53.0 Å². The fourth-order valence-electron chi connectivity index (χ4n) is 9.69. The van der Waals surface area contributed by atoms with Crippen LogP contribution in [0.3, 0.4) is 0 Å². The highest BCUT2D eigenvalue weighted by atomic mass is 127. The first-order valence-electron chi connectivity index (χ1n) is 26.5. The molecule has 0 bridgehead atoms. The van der Waals surface area contributed by atoms with Gasteiger partial charge in [-0.15, -0.1) is 0 Å². The molecular formula is C56H83IN8O11. The van der Waals surface area contributed by atoms with Crippen molar-refractivity contribution in [3.05, 3.63) is 69.3 Å². The molecular weight excluding hydrogens is 1090 g/mol. The van der Waals surface area contributed by atoms with E-state index in [4.69, 9.17) is 4.74 Å². The maximum absolute atomic E-state index is 15.2. The van der Waals surface area contributed by atoms with Crippen molar-refractivity contribution in [2.24, 2.45) is 17.8 Å². The Morgan fingerprint density at radius 2 is 1.21 bits per heavy atom. The number of aliphatic hydroxyl groups is 1. The number of halogens is 1. The topological polar surface area (TPSA) is 235 Å². The lowest BCUT2D eigenvalue weighted by Crippen LogP contribution is -2.62. The molecule has 4 rings (SSSR count). The summed E-state index contributed by atoms with van der Waals surface area (Å²) in [5.41, 5.74) is -0.536. The highest BCUT2D eigenvalue weighted by molar-refractivity contribution is 14.1. The molecule has 2 aliphatic heterocycles. The molecule has 76 heavy (non-hydrogen) atoms. The summed E-state index contributed by atoms with van der Waals surface area (Å²) in [6.45, 7) is 16.5. The molecule has 2 fully saturated rings. The number of cyclic esters (lactones) is 1. The number of ether oxygens (including phenoxy) is 1. The molecule has 0 radical (unpaired) electrons. The molecule has 0 aromatic heterocycles. The first kappa shape index (κ1) is 62.9. The van der Waals surface area contributed by atoms with Gasteiger partial charge in [0, 0.05) is 57.1 Å². The molecule has 2 aromatic rings. The van der Waals surface area contributed by atoms with Gasteiger partial charge in [-0.3, -0.25) is 38.4 Å². The quantitative estimate of drug-likeness (QED) is 0.187. The lowest BCUT2D eigenvalue weighted by Gasteiger charge is -2.39. The fraction of sp³-hybridized carbons (Fsp3) is 0.625. The van der Waals surface area contributed by atoms with Gasteiger partial charge in [-0.2, -0.15) is 0 Å². The second-order valence-electron chi connectivity index (χ2n) is 21.8. The summed E-state index contributed by atoms with van der Waals surface area (Å²) in [4.78, 5) is 138. The molecule has 4 N–H and O–H groups in total. The summed E-state index contributed by atoms with van der Waals surface area (Å²) in [7, 11) is 5.56. The van der Waals surface area contributed by atoms with Crippen molar-refractivity contribution in [2.75, 3.05) is 34.7 Å². The van der Waals surface area contributed by atoms with E-state index in [9.17, 15) is 38.7 Å². The first-order valence-corrected chi connectivity index (χ1v) is 27.6. The Morgan fingerprint density at radius 3 is 1.76 bits per heavy atom. The third kappa shape index (κ3) is 15.7. The Hall–Kier alpha value is -5.64. The van der Waals surface area contributed by atoms with Crippen LogP contribution in [-0.4, -0.2) is 178 Å². The molecule has 2 aromatic carbocycles. The summed E-state index contributed by atoms with van der Waals surface area (Å²) in [5, 5.41) is 20.1. The van der Waals surface area contributed by atoms with Gasteiger partial charge in [-0.05, 0) is 111 Å². The number of nitrogens with zero attached hydrogens (tertiary/aromatic N) is 5. The second kappa shape index (κ2) is 27.6. The number of rotatable bonds is 11. The molecule has 11 atom stereocenters. The minimum atomic E-state index is -1.96. The van der Waals surface area contributed by atoms with Crippen molar-refractivity contribution in [3.63, 3.8) is 0 Å². The molecule has 19 nitrogen and oxygen atoms in total. The van der Waals surface area contributed by atoms with Crippen LogP contribution >= 0.6 is 22.6 Å². The van der Waals surface area contributed by atoms with Crippen molar-refractivity contribution in [3.8, 4) is 0 Å². The van der Waals surface area contributed by atoms with Gasteiger partial charge >= 0.3 is 5.97 Å². The Balaban J connectivity index is 1.92. The second-order valence-corrected chi connectivity index (χ2v) is 23.0. The fourth-order valence-corrected chi connectivity index (χ4v) is 10.3. The SMILES string of the molecule is CCC(C)C1NC(=O)[C@@H]2CCCN2C(=O)[C@H](Cc2cccc(I)c2)N(C)C(=O)C(Cc2ccccc2)NC(=O)[C@H](C)N(C)C(=O)C([C@H](C)CC)OC(=O)C(C(C)(C)O)N(C)C(=O)[C@H](CC(C)C)NC(=O)[C@H](C)N(C)C1=O. The molecule has 2 aliphatic rings. The summed E-state index contributed by atoms with van der Waals surface area (Å²) in [6, 6.07) is 6.41. The van der Waals surface area contributed by atoms with Crippen LogP contribution in [0.25, 0.3) is 0 Å². The highest BCUT2D eigenvalue weighted by Gasteiger charge is 2.47. The van der Waals surface area contributed by atoms with Gasteiger partial charge in [0.2, 0.25) is 41.4 Å². The first-order chi connectivity index (χ1) is 35.5. The third-order valence-electron chi connectivity index (χ3n) is 15.1. The number of hydrogen-bond acceptors (Lipinski definition) is 11. The Kier molecular flexibility index (Phi) is 22.8. The molecule has 420 valence electrons. The summed E-state index contributed by atoms with van der Waals surface area (Å²) in [6.07, 6.45) is 0.121. The van der Waals surface area contributed by atoms with Crippen LogP contribution in [0.4, 0.5) is 0 Å². The van der Waals surface area contributed by atoms with Gasteiger partial charge in [0.25, 0.3) is 5.91 Å². The van der Waals surface area contributed by atoms with E-state index in [1.807, 2.05) is 51.1 Å². The number of carbonyl (C=O) groups is 9. The average molecular weight is 1170 g/mol. The molecule has 0 saturated carbocycles. The minimum absolute atomic E-state index is 0.00601. The van der Waals surface area contributed by atoms with Crippen LogP contribution in [0.15, 0.2) is 54.6 Å². The normalized spacial score (nSPS) is 26.9. The zero-order valence-corrected chi connectivity index (χ0v) is 49.1. The van der Waals surface area contributed by atoms with Crippen molar-refractivity contribution in [1.82, 2.24) is 40.4 Å². The molecule has 0 spiro atoms. The van der Waals surface area contributed by atoms with Gasteiger partial charge in [0.05, 0.1) is 5.60 Å². The molecule has 2 heterocycles. The number of likely N-dealkylation sites (N-methyl/N-ethyl adjacent to an activating group) is 4. The maximum atomic E-state index is 15.2. The summed E-state index contributed by atoms with van der Waals surface area (Å²) in [5.74, 6) is -7.66.